The summed E-state index contributed by atoms with van der Waals surface area (Å²) in [6.45, 7) is 0. The summed E-state index contributed by atoms with van der Waals surface area (Å²) < 4.78 is 25.8. The molecule has 11 nitrogen and oxygen atoms in total. The SMILES string of the molecule is COc1cc(O)cc(OC)c1C1C2=CCC3C(=O)N(c4ccc(C(=O)c5ccccc5)cc4)C(=O)C3C2CC2C(=O)N(Nc3ccc(F)cc3)C(=O)C21c1ccc(Cl)cc1. The molecule has 2 aliphatic carbocycles. The molecule has 2 aliphatic heterocycles. The standard InChI is InChI=1S/C47H37ClFN3O8/c1-59-37-22-32(53)23-38(60-2)40(37)41-33-20-21-34-39(45(57)51(43(34)55)31-18-8-26(9-19-31)42(54)25-6-4-3-5-7-25)35(33)24-36-44(56)52(50-30-16-14-29(49)15-17-30)46(58)47(36,41)27-10-12-28(48)13-11-27/h3-20,22-23,34-36,39,41,50,53H,21,24H2,1-2H3. The van der Waals surface area contributed by atoms with Gasteiger partial charge in [0.05, 0.1) is 48.8 Å². The van der Waals surface area contributed by atoms with Crippen molar-refractivity contribution in [3.8, 4) is 17.2 Å². The van der Waals surface area contributed by atoms with Crippen LogP contribution in [0.15, 0.2) is 127 Å². The van der Waals surface area contributed by atoms with E-state index in [9.17, 15) is 23.9 Å². The van der Waals surface area contributed by atoms with Crippen LogP contribution >= 0.6 is 11.6 Å². The second-order valence-electron chi connectivity index (χ2n) is 15.4. The molecule has 2 heterocycles. The number of hydrazine groups is 1. The number of nitrogens with zero attached hydrogens (tertiary/aromatic N) is 2. The van der Waals surface area contributed by atoms with Gasteiger partial charge in [0.15, 0.2) is 5.78 Å². The molecule has 6 atom stereocenters. The predicted octanol–water partition coefficient (Wildman–Crippen LogP) is 7.62. The molecule has 6 unspecified atom stereocenters. The van der Waals surface area contributed by atoms with E-state index in [1.807, 2.05) is 12.1 Å². The first-order valence-electron chi connectivity index (χ1n) is 19.4. The number of phenols is 1. The van der Waals surface area contributed by atoms with Crippen LogP contribution in [0.3, 0.4) is 0 Å². The van der Waals surface area contributed by atoms with Gasteiger partial charge >= 0.3 is 0 Å². The number of carbonyl (C=O) groups excluding carboxylic acids is 5. The van der Waals surface area contributed by atoms with E-state index < -0.39 is 64.5 Å². The van der Waals surface area contributed by atoms with Gasteiger partial charge in [-0.1, -0.05) is 65.7 Å². The maximum atomic E-state index is 15.5. The van der Waals surface area contributed by atoms with E-state index in [0.717, 1.165) is 9.91 Å². The van der Waals surface area contributed by atoms with Gasteiger partial charge in [0.25, 0.3) is 11.8 Å². The number of halogens is 2. The van der Waals surface area contributed by atoms with Crippen LogP contribution in [0.5, 0.6) is 17.2 Å². The van der Waals surface area contributed by atoms with E-state index in [4.69, 9.17) is 21.1 Å². The number of nitrogens with one attached hydrogen (secondary N) is 1. The van der Waals surface area contributed by atoms with Crippen molar-refractivity contribution < 1.29 is 42.9 Å². The number of ketones is 1. The molecule has 0 spiro atoms. The Balaban J connectivity index is 1.20. The van der Waals surface area contributed by atoms with Gasteiger partial charge in [-0.2, -0.15) is 5.01 Å². The number of fused-ring (bicyclic) bond motifs is 4. The minimum Gasteiger partial charge on any atom is -0.508 e. The molecule has 1 saturated carbocycles. The Bertz CT molecular complexity index is 2590. The second kappa shape index (κ2) is 14.8. The van der Waals surface area contributed by atoms with Crippen LogP contribution < -0.4 is 19.8 Å². The van der Waals surface area contributed by atoms with Crippen molar-refractivity contribution >= 4 is 52.4 Å². The van der Waals surface area contributed by atoms with Crippen LogP contribution in [0, 0.1) is 29.5 Å². The number of allylic oxidation sites excluding steroid dienone is 2. The zero-order valence-corrected chi connectivity index (χ0v) is 33.1. The van der Waals surface area contributed by atoms with Crippen LogP contribution in [0.4, 0.5) is 15.8 Å². The van der Waals surface area contributed by atoms with E-state index in [1.54, 1.807) is 72.8 Å². The summed E-state index contributed by atoms with van der Waals surface area (Å²) in [5, 5.41) is 12.1. The maximum absolute atomic E-state index is 15.5. The zero-order chi connectivity index (χ0) is 42.0. The van der Waals surface area contributed by atoms with Gasteiger partial charge in [0, 0.05) is 39.8 Å². The van der Waals surface area contributed by atoms with Crippen LogP contribution in [0.1, 0.15) is 45.8 Å². The molecule has 3 fully saturated rings. The van der Waals surface area contributed by atoms with Crippen molar-refractivity contribution in [2.24, 2.45) is 23.7 Å². The van der Waals surface area contributed by atoms with Crippen molar-refractivity contribution in [2.75, 3.05) is 24.5 Å². The molecule has 4 aliphatic rings. The lowest BCUT2D eigenvalue weighted by atomic mass is 9.49. The molecule has 60 heavy (non-hydrogen) atoms. The highest BCUT2D eigenvalue weighted by atomic mass is 35.5. The number of amides is 4. The Morgan fingerprint density at radius 1 is 0.800 bits per heavy atom. The molecule has 13 heteroatoms. The van der Waals surface area contributed by atoms with Crippen molar-refractivity contribution in [2.45, 2.75) is 24.2 Å². The Morgan fingerprint density at radius 2 is 1.43 bits per heavy atom. The molecule has 5 aromatic rings. The van der Waals surface area contributed by atoms with Crippen molar-refractivity contribution in [1.29, 1.82) is 0 Å². The average molecular weight is 826 g/mol. The Morgan fingerprint density at radius 3 is 2.07 bits per heavy atom. The van der Waals surface area contributed by atoms with Gasteiger partial charge in [0.2, 0.25) is 11.8 Å². The van der Waals surface area contributed by atoms with Gasteiger partial charge in [0.1, 0.15) is 23.1 Å². The van der Waals surface area contributed by atoms with E-state index in [-0.39, 0.29) is 41.6 Å². The smallest absolute Gasteiger partial charge is 0.260 e. The lowest BCUT2D eigenvalue weighted by molar-refractivity contribution is -0.138. The summed E-state index contributed by atoms with van der Waals surface area (Å²) in [6, 6.07) is 29.8. The first kappa shape index (κ1) is 38.7. The highest BCUT2D eigenvalue weighted by Crippen LogP contribution is 2.66. The molecule has 302 valence electrons. The number of imide groups is 2. The molecule has 4 amide bonds. The van der Waals surface area contributed by atoms with E-state index in [1.165, 1.54) is 50.6 Å². The third-order valence-corrected chi connectivity index (χ3v) is 12.7. The van der Waals surface area contributed by atoms with Crippen LogP contribution in [0.25, 0.3) is 0 Å². The Kier molecular flexibility index (Phi) is 9.54. The number of hydrogen-bond donors (Lipinski definition) is 2. The van der Waals surface area contributed by atoms with Crippen molar-refractivity contribution in [1.82, 2.24) is 5.01 Å². The highest BCUT2D eigenvalue weighted by Gasteiger charge is 2.71. The number of aromatic hydroxyl groups is 1. The maximum Gasteiger partial charge on any atom is 0.260 e. The lowest BCUT2D eigenvalue weighted by Gasteiger charge is -2.51. The van der Waals surface area contributed by atoms with Gasteiger partial charge in [-0.25, -0.2) is 4.39 Å². The minimum atomic E-state index is -1.71. The monoisotopic (exact) mass is 825 g/mol. The van der Waals surface area contributed by atoms with Crippen LogP contribution in [-0.4, -0.2) is 53.7 Å². The van der Waals surface area contributed by atoms with E-state index in [0.29, 0.717) is 38.5 Å². The first-order chi connectivity index (χ1) is 29.0. The third kappa shape index (κ3) is 5.88. The Hall–Kier alpha value is -6.79. The van der Waals surface area contributed by atoms with Gasteiger partial charge < -0.3 is 14.6 Å². The summed E-state index contributed by atoms with van der Waals surface area (Å²) in [6.07, 6.45) is 2.03. The fourth-order valence-corrected chi connectivity index (χ4v) is 10.1. The topological polar surface area (TPSA) is 143 Å². The molecule has 0 aromatic heterocycles. The van der Waals surface area contributed by atoms with Gasteiger partial charge in [-0.3, -0.25) is 34.3 Å². The number of hydrogen-bond acceptors (Lipinski definition) is 9. The zero-order valence-electron chi connectivity index (χ0n) is 32.3. The minimum absolute atomic E-state index is 0.00160. The van der Waals surface area contributed by atoms with Crippen LogP contribution in [0.2, 0.25) is 5.02 Å². The number of benzene rings is 5. The summed E-state index contributed by atoms with van der Waals surface area (Å²) >= 11 is 6.41. The summed E-state index contributed by atoms with van der Waals surface area (Å²) in [5.41, 5.74) is 4.11. The summed E-state index contributed by atoms with van der Waals surface area (Å²) in [7, 11) is 2.82. The summed E-state index contributed by atoms with van der Waals surface area (Å²) in [5.74, 6) is -7.31. The molecule has 2 saturated heterocycles. The molecule has 2 N–H and O–H groups in total. The molecular formula is C47H37ClFN3O8. The van der Waals surface area contributed by atoms with Gasteiger partial charge in [-0.15, -0.1) is 0 Å². The van der Waals surface area contributed by atoms with Crippen molar-refractivity contribution in [3.63, 3.8) is 0 Å². The number of carbonyl (C=O) groups is 5. The quantitative estimate of drug-likeness (QED) is 0.0872. The fourth-order valence-electron chi connectivity index (χ4n) is 9.95. The Labute approximate surface area is 348 Å². The molecule has 9 rings (SSSR count). The predicted molar refractivity (Wildman–Crippen MR) is 219 cm³/mol. The molecule has 0 bridgehead atoms. The number of ether oxygens (including phenoxy) is 2. The highest BCUT2D eigenvalue weighted by molar-refractivity contribution is 6.30. The third-order valence-electron chi connectivity index (χ3n) is 12.5. The molecule has 5 aromatic carbocycles. The van der Waals surface area contributed by atoms with E-state index >= 15 is 9.59 Å². The van der Waals surface area contributed by atoms with Crippen molar-refractivity contribution in [3.05, 3.63) is 160 Å². The number of methoxy groups -OCH3 is 2. The summed E-state index contributed by atoms with van der Waals surface area (Å²) in [4.78, 5) is 74.1. The largest absolute Gasteiger partial charge is 0.508 e. The number of anilines is 2. The fraction of sp³-hybridized carbons (Fsp3) is 0.213. The molecule has 0 radical (unpaired) electrons. The normalized spacial score (nSPS) is 24.4. The van der Waals surface area contributed by atoms with Gasteiger partial charge in [-0.05, 0) is 85.0 Å². The lowest BCUT2D eigenvalue weighted by Crippen LogP contribution is -2.53. The van der Waals surface area contributed by atoms with Crippen LogP contribution in [-0.2, 0) is 24.6 Å². The molecular weight excluding hydrogens is 789 g/mol. The van der Waals surface area contributed by atoms with E-state index in [2.05, 4.69) is 5.43 Å². The first-order valence-corrected chi connectivity index (χ1v) is 19.7. The second-order valence-corrected chi connectivity index (χ2v) is 15.8. The average Bonchev–Trinajstić information content (AvgIpc) is 3.64. The number of rotatable bonds is 9. The number of phenolic OH excluding ortho intramolecular Hbond substituents is 1.